The Morgan fingerprint density at radius 3 is 2.77 bits per heavy atom. The average Bonchev–Trinajstić information content (AvgIpc) is 2.92. The fourth-order valence-corrected chi connectivity index (χ4v) is 3.93. The molecule has 1 heterocycles. The third-order valence-corrected chi connectivity index (χ3v) is 5.68. The van der Waals surface area contributed by atoms with Gasteiger partial charge in [-0.3, -0.25) is 4.79 Å². The maximum absolute atomic E-state index is 12.1. The van der Waals surface area contributed by atoms with E-state index in [-0.39, 0.29) is 5.91 Å². The summed E-state index contributed by atoms with van der Waals surface area (Å²) in [6.45, 7) is 3.11. The summed E-state index contributed by atoms with van der Waals surface area (Å²) in [5.41, 5.74) is 0.626. The summed E-state index contributed by atoms with van der Waals surface area (Å²) in [5.74, 6) is -0.129. The molecule has 1 N–H and O–H groups in total. The number of nitrogens with one attached hydrogen (secondary N) is 1. The van der Waals surface area contributed by atoms with Gasteiger partial charge in [-0.2, -0.15) is 0 Å². The van der Waals surface area contributed by atoms with Crippen molar-refractivity contribution in [1.29, 1.82) is 0 Å². The van der Waals surface area contributed by atoms with Crippen LogP contribution in [0.2, 0.25) is 0 Å². The molecule has 5 nitrogen and oxygen atoms in total. The van der Waals surface area contributed by atoms with Crippen molar-refractivity contribution in [3.8, 4) is 0 Å². The number of benzene rings is 1. The Kier molecular flexibility index (Phi) is 5.55. The van der Waals surface area contributed by atoms with Crippen molar-refractivity contribution >= 4 is 37.4 Å². The van der Waals surface area contributed by atoms with Crippen LogP contribution in [0.25, 0.3) is 10.1 Å². The summed E-state index contributed by atoms with van der Waals surface area (Å²) >= 11 is 1.64. The molecule has 120 valence electrons. The zero-order chi connectivity index (χ0) is 16.2. The summed E-state index contributed by atoms with van der Waals surface area (Å²) < 4.78 is 25.5. The molecule has 0 saturated carbocycles. The van der Waals surface area contributed by atoms with E-state index in [0.717, 1.165) is 10.1 Å². The molecular formula is C15H20N2O3S2. The Morgan fingerprint density at radius 1 is 1.32 bits per heavy atom. The molecule has 1 amide bonds. The maximum atomic E-state index is 12.1. The summed E-state index contributed by atoms with van der Waals surface area (Å²) in [6, 6.07) is 7.61. The van der Waals surface area contributed by atoms with E-state index in [9.17, 15) is 13.2 Å². The number of rotatable bonds is 7. The summed E-state index contributed by atoms with van der Waals surface area (Å²) in [7, 11) is -3.16. The molecule has 22 heavy (non-hydrogen) atoms. The Morgan fingerprint density at radius 2 is 2.09 bits per heavy atom. The predicted octanol–water partition coefficient (Wildman–Crippen LogP) is 2.30. The molecule has 0 aliphatic carbocycles. The average molecular weight is 340 g/mol. The largest absolute Gasteiger partial charge is 0.352 e. The van der Waals surface area contributed by atoms with Crippen molar-refractivity contribution < 1.29 is 13.2 Å². The number of amides is 1. The van der Waals surface area contributed by atoms with Crippen LogP contribution >= 0.6 is 11.3 Å². The predicted molar refractivity (Wildman–Crippen MR) is 90.9 cm³/mol. The Labute approximate surface area is 135 Å². The molecule has 0 aliphatic heterocycles. The van der Waals surface area contributed by atoms with E-state index in [1.165, 1.54) is 10.6 Å². The topological polar surface area (TPSA) is 66.5 Å². The summed E-state index contributed by atoms with van der Waals surface area (Å²) in [4.78, 5) is 12.1. The molecule has 7 heteroatoms. The highest BCUT2D eigenvalue weighted by molar-refractivity contribution is 7.88. The lowest BCUT2D eigenvalue weighted by Gasteiger charge is -2.17. The van der Waals surface area contributed by atoms with Gasteiger partial charge in [0.15, 0.2) is 0 Å². The smallest absolute Gasteiger partial charge is 0.251 e. The molecule has 0 saturated heterocycles. The molecule has 1 aromatic carbocycles. The van der Waals surface area contributed by atoms with Crippen molar-refractivity contribution in [3.63, 3.8) is 0 Å². The van der Waals surface area contributed by atoms with Crippen LogP contribution in [0.1, 0.15) is 23.7 Å². The van der Waals surface area contributed by atoms with Gasteiger partial charge in [0.1, 0.15) is 0 Å². The number of hydrogen-bond donors (Lipinski definition) is 1. The molecule has 2 rings (SSSR count). The third-order valence-electron chi connectivity index (χ3n) is 3.41. The van der Waals surface area contributed by atoms with Crippen LogP contribution < -0.4 is 5.32 Å². The minimum absolute atomic E-state index is 0.129. The Balaban J connectivity index is 1.85. The number of nitrogens with zero attached hydrogens (tertiary/aromatic N) is 1. The molecule has 2 aromatic rings. The van der Waals surface area contributed by atoms with Crippen LogP contribution in [0.15, 0.2) is 29.6 Å². The van der Waals surface area contributed by atoms with Gasteiger partial charge in [0, 0.05) is 29.9 Å². The van der Waals surface area contributed by atoms with Gasteiger partial charge in [-0.1, -0.05) is 6.92 Å². The highest BCUT2D eigenvalue weighted by atomic mass is 32.2. The number of carbonyl (C=O) groups is 1. The summed E-state index contributed by atoms with van der Waals surface area (Å²) in [5, 5.41) is 5.89. The van der Waals surface area contributed by atoms with Crippen molar-refractivity contribution in [1.82, 2.24) is 9.62 Å². The molecule has 0 atom stereocenters. The van der Waals surface area contributed by atoms with Gasteiger partial charge in [0.25, 0.3) is 5.91 Å². The first-order valence-corrected chi connectivity index (χ1v) is 9.85. The quantitative estimate of drug-likeness (QED) is 0.787. The SMILES string of the molecule is CCN(CCCNC(=O)c1ccc2sccc2c1)S(C)(=O)=O. The molecular weight excluding hydrogens is 320 g/mol. The van der Waals surface area contributed by atoms with Gasteiger partial charge in [0.2, 0.25) is 10.0 Å². The number of carbonyl (C=O) groups excluding carboxylic acids is 1. The van der Waals surface area contributed by atoms with E-state index in [1.807, 2.05) is 29.6 Å². The minimum Gasteiger partial charge on any atom is -0.352 e. The molecule has 0 spiro atoms. The second kappa shape index (κ2) is 7.21. The van der Waals surface area contributed by atoms with E-state index in [1.54, 1.807) is 18.3 Å². The monoisotopic (exact) mass is 340 g/mol. The van der Waals surface area contributed by atoms with Crippen molar-refractivity contribution in [2.45, 2.75) is 13.3 Å². The van der Waals surface area contributed by atoms with E-state index in [0.29, 0.717) is 31.6 Å². The molecule has 0 fully saturated rings. The fourth-order valence-electron chi connectivity index (χ4n) is 2.23. The normalized spacial score (nSPS) is 12.0. The van der Waals surface area contributed by atoms with Gasteiger partial charge in [-0.15, -0.1) is 11.3 Å². The Bertz CT molecular complexity index is 753. The standard InChI is InChI=1S/C15H20N2O3S2/c1-3-17(22(2,19)20)9-4-8-16-15(18)13-5-6-14-12(11-13)7-10-21-14/h5-7,10-11H,3-4,8-9H2,1-2H3,(H,16,18). The summed E-state index contributed by atoms with van der Waals surface area (Å²) in [6.07, 6.45) is 1.79. The fraction of sp³-hybridized carbons (Fsp3) is 0.400. The van der Waals surface area contributed by atoms with Gasteiger partial charge in [-0.25, -0.2) is 12.7 Å². The first kappa shape index (κ1) is 16.9. The highest BCUT2D eigenvalue weighted by Crippen LogP contribution is 2.21. The minimum atomic E-state index is -3.16. The number of hydrogen-bond acceptors (Lipinski definition) is 4. The highest BCUT2D eigenvalue weighted by Gasteiger charge is 2.13. The van der Waals surface area contributed by atoms with Crippen molar-refractivity contribution in [3.05, 3.63) is 35.2 Å². The Hall–Kier alpha value is -1.44. The molecule has 0 aliphatic rings. The van der Waals surface area contributed by atoms with Crippen molar-refractivity contribution in [2.24, 2.45) is 0 Å². The van der Waals surface area contributed by atoms with E-state index < -0.39 is 10.0 Å². The number of sulfonamides is 1. The lowest BCUT2D eigenvalue weighted by Crippen LogP contribution is -2.33. The van der Waals surface area contributed by atoms with Gasteiger partial charge in [-0.05, 0) is 41.5 Å². The molecule has 0 unspecified atom stereocenters. The lowest BCUT2D eigenvalue weighted by molar-refractivity contribution is 0.0953. The van der Waals surface area contributed by atoms with Gasteiger partial charge < -0.3 is 5.32 Å². The molecule has 0 radical (unpaired) electrons. The maximum Gasteiger partial charge on any atom is 0.251 e. The van der Waals surface area contributed by atoms with E-state index >= 15 is 0 Å². The van der Waals surface area contributed by atoms with Crippen molar-refractivity contribution in [2.75, 3.05) is 25.9 Å². The van der Waals surface area contributed by atoms with E-state index in [4.69, 9.17) is 0 Å². The first-order valence-electron chi connectivity index (χ1n) is 7.12. The van der Waals surface area contributed by atoms with E-state index in [2.05, 4.69) is 5.32 Å². The number of fused-ring (bicyclic) bond motifs is 1. The third kappa shape index (κ3) is 4.28. The zero-order valence-electron chi connectivity index (χ0n) is 12.7. The second-order valence-corrected chi connectivity index (χ2v) is 7.97. The molecule has 1 aromatic heterocycles. The first-order chi connectivity index (χ1) is 10.4. The lowest BCUT2D eigenvalue weighted by atomic mass is 10.1. The van der Waals surface area contributed by atoms with Crippen LogP contribution in [0, 0.1) is 0 Å². The zero-order valence-corrected chi connectivity index (χ0v) is 14.3. The van der Waals surface area contributed by atoms with Crippen LogP contribution in [0.5, 0.6) is 0 Å². The van der Waals surface area contributed by atoms with Gasteiger partial charge in [0.05, 0.1) is 6.26 Å². The van der Waals surface area contributed by atoms with Crippen LogP contribution in [-0.2, 0) is 10.0 Å². The van der Waals surface area contributed by atoms with Crippen LogP contribution in [0.4, 0.5) is 0 Å². The number of thiophene rings is 1. The second-order valence-electron chi connectivity index (χ2n) is 5.04. The van der Waals surface area contributed by atoms with Gasteiger partial charge >= 0.3 is 0 Å². The van der Waals surface area contributed by atoms with Crippen LogP contribution in [0.3, 0.4) is 0 Å². The molecule has 0 bridgehead atoms. The van der Waals surface area contributed by atoms with Crippen LogP contribution in [-0.4, -0.2) is 44.5 Å².